The van der Waals surface area contributed by atoms with Crippen molar-refractivity contribution >= 4 is 23.3 Å². The minimum absolute atomic E-state index is 0.0286. The zero-order chi connectivity index (χ0) is 19.4. The van der Waals surface area contributed by atoms with Gasteiger partial charge in [-0.25, -0.2) is 4.79 Å². The van der Waals surface area contributed by atoms with Gasteiger partial charge in [0.25, 0.3) is 0 Å². The second kappa shape index (κ2) is 8.71. The van der Waals surface area contributed by atoms with Gasteiger partial charge >= 0.3 is 6.03 Å². The van der Waals surface area contributed by atoms with Crippen LogP contribution < -0.4 is 5.32 Å². The third-order valence-corrected chi connectivity index (χ3v) is 5.01. The Morgan fingerprint density at radius 1 is 1.22 bits per heavy atom. The number of rotatable bonds is 4. The fourth-order valence-electron chi connectivity index (χ4n) is 3.10. The molecule has 1 aromatic heterocycles. The minimum Gasteiger partial charge on any atom is -0.338 e. The highest BCUT2D eigenvalue weighted by molar-refractivity contribution is 6.30. The predicted octanol–water partition coefficient (Wildman–Crippen LogP) is 4.15. The topological polar surface area (TPSA) is 74.5 Å². The standard InChI is InChI=1S/C19H26ClN5O2/c1-13(2)17-22-18(27-23-17)14(3)24-8-5-9-25(11-10-24)19(26)21-16-7-4-6-15(20)12-16/h4,6-7,12-14H,5,8-11H2,1-3H3,(H,21,26). The van der Waals surface area contributed by atoms with Crippen molar-refractivity contribution in [1.29, 1.82) is 0 Å². The van der Waals surface area contributed by atoms with Crippen molar-refractivity contribution in [2.24, 2.45) is 0 Å². The SMILES string of the molecule is CC(C)c1noc(C(C)N2CCCN(C(=O)Nc3cccc(Cl)c3)CC2)n1. The molecule has 0 spiro atoms. The Hall–Kier alpha value is -2.12. The first-order valence-electron chi connectivity index (χ1n) is 9.33. The Balaban J connectivity index is 1.58. The van der Waals surface area contributed by atoms with E-state index in [0.717, 1.165) is 25.3 Å². The van der Waals surface area contributed by atoms with Crippen LogP contribution in [0, 0.1) is 0 Å². The first-order valence-corrected chi connectivity index (χ1v) is 9.71. The summed E-state index contributed by atoms with van der Waals surface area (Å²) in [6.07, 6.45) is 0.887. The summed E-state index contributed by atoms with van der Waals surface area (Å²) >= 11 is 5.98. The van der Waals surface area contributed by atoms with E-state index in [1.807, 2.05) is 30.9 Å². The van der Waals surface area contributed by atoms with Gasteiger partial charge in [-0.15, -0.1) is 0 Å². The smallest absolute Gasteiger partial charge is 0.321 e. The summed E-state index contributed by atoms with van der Waals surface area (Å²) in [5.41, 5.74) is 0.703. The molecular weight excluding hydrogens is 366 g/mol. The van der Waals surface area contributed by atoms with Crippen molar-refractivity contribution in [3.05, 3.63) is 41.0 Å². The highest BCUT2D eigenvalue weighted by atomic mass is 35.5. The number of halogens is 1. The molecule has 0 bridgehead atoms. The second-order valence-corrected chi connectivity index (χ2v) is 7.57. The van der Waals surface area contributed by atoms with E-state index in [1.54, 1.807) is 12.1 Å². The fraction of sp³-hybridized carbons (Fsp3) is 0.526. The van der Waals surface area contributed by atoms with Gasteiger partial charge in [0, 0.05) is 42.8 Å². The van der Waals surface area contributed by atoms with Gasteiger partial charge in [0.1, 0.15) is 0 Å². The molecule has 1 atom stereocenters. The molecule has 0 saturated carbocycles. The number of urea groups is 1. The lowest BCUT2D eigenvalue weighted by Gasteiger charge is -2.25. The van der Waals surface area contributed by atoms with Crippen LogP contribution in [0.1, 0.15) is 50.9 Å². The van der Waals surface area contributed by atoms with Gasteiger partial charge in [0.15, 0.2) is 5.82 Å². The van der Waals surface area contributed by atoms with Gasteiger partial charge in [-0.3, -0.25) is 4.90 Å². The van der Waals surface area contributed by atoms with Crippen molar-refractivity contribution in [3.63, 3.8) is 0 Å². The molecule has 3 rings (SSSR count). The maximum absolute atomic E-state index is 12.6. The highest BCUT2D eigenvalue weighted by Gasteiger charge is 2.26. The van der Waals surface area contributed by atoms with Crippen LogP contribution in [0.5, 0.6) is 0 Å². The average molecular weight is 392 g/mol. The summed E-state index contributed by atoms with van der Waals surface area (Å²) in [5.74, 6) is 1.61. The van der Waals surface area contributed by atoms with Gasteiger partial charge < -0.3 is 14.7 Å². The predicted molar refractivity (Wildman–Crippen MR) is 105 cm³/mol. The number of aromatic nitrogens is 2. The van der Waals surface area contributed by atoms with Crippen LogP contribution in [-0.2, 0) is 0 Å². The first-order chi connectivity index (χ1) is 12.9. The number of amides is 2. The largest absolute Gasteiger partial charge is 0.338 e. The van der Waals surface area contributed by atoms with E-state index in [4.69, 9.17) is 16.1 Å². The molecule has 1 aromatic carbocycles. The van der Waals surface area contributed by atoms with E-state index in [0.29, 0.717) is 29.7 Å². The fourth-order valence-corrected chi connectivity index (χ4v) is 3.29. The van der Waals surface area contributed by atoms with Crippen molar-refractivity contribution in [3.8, 4) is 0 Å². The van der Waals surface area contributed by atoms with Crippen LogP contribution in [0.25, 0.3) is 0 Å². The zero-order valence-electron chi connectivity index (χ0n) is 16.0. The molecule has 1 saturated heterocycles. The average Bonchev–Trinajstić information content (AvgIpc) is 2.99. The molecule has 0 aliphatic carbocycles. The Morgan fingerprint density at radius 3 is 2.74 bits per heavy atom. The molecule has 146 valence electrons. The summed E-state index contributed by atoms with van der Waals surface area (Å²) < 4.78 is 5.44. The number of hydrogen-bond acceptors (Lipinski definition) is 5. The molecule has 1 aliphatic heterocycles. The van der Waals surface area contributed by atoms with Crippen molar-refractivity contribution in [2.75, 3.05) is 31.5 Å². The van der Waals surface area contributed by atoms with Crippen molar-refractivity contribution in [2.45, 2.75) is 39.2 Å². The lowest BCUT2D eigenvalue weighted by molar-refractivity contribution is 0.176. The number of hydrogen-bond donors (Lipinski definition) is 1. The third kappa shape index (κ3) is 4.99. The van der Waals surface area contributed by atoms with Gasteiger partial charge in [-0.05, 0) is 31.5 Å². The molecule has 0 radical (unpaired) electrons. The molecule has 2 aromatic rings. The van der Waals surface area contributed by atoms with Gasteiger partial charge in [0.05, 0.1) is 6.04 Å². The summed E-state index contributed by atoms with van der Waals surface area (Å²) in [7, 11) is 0. The number of carbonyl (C=O) groups is 1. The molecule has 1 fully saturated rings. The van der Waals surface area contributed by atoms with Gasteiger partial charge in [0.2, 0.25) is 5.89 Å². The Bertz CT molecular complexity index is 779. The van der Waals surface area contributed by atoms with Crippen LogP contribution in [-0.4, -0.2) is 52.2 Å². The van der Waals surface area contributed by atoms with Crippen molar-refractivity contribution in [1.82, 2.24) is 19.9 Å². The number of nitrogens with one attached hydrogen (secondary N) is 1. The minimum atomic E-state index is -0.105. The lowest BCUT2D eigenvalue weighted by atomic mass is 10.2. The third-order valence-electron chi connectivity index (χ3n) is 4.77. The monoisotopic (exact) mass is 391 g/mol. The molecule has 1 N–H and O–H groups in total. The second-order valence-electron chi connectivity index (χ2n) is 7.14. The molecule has 2 heterocycles. The first kappa shape index (κ1) is 19.6. The van der Waals surface area contributed by atoms with Crippen molar-refractivity contribution < 1.29 is 9.32 Å². The van der Waals surface area contributed by atoms with Crippen LogP contribution in [0.15, 0.2) is 28.8 Å². The summed E-state index contributed by atoms with van der Waals surface area (Å²) in [4.78, 5) is 21.2. The van der Waals surface area contributed by atoms with Crippen LogP contribution in [0.4, 0.5) is 10.5 Å². The zero-order valence-corrected chi connectivity index (χ0v) is 16.7. The number of carbonyl (C=O) groups excluding carboxylic acids is 1. The molecule has 1 unspecified atom stereocenters. The molecular formula is C19H26ClN5O2. The summed E-state index contributed by atoms with van der Waals surface area (Å²) in [5, 5.41) is 7.57. The van der Waals surface area contributed by atoms with Gasteiger partial charge in [-0.2, -0.15) is 4.98 Å². The Morgan fingerprint density at radius 2 is 2.04 bits per heavy atom. The van der Waals surface area contributed by atoms with E-state index in [1.165, 1.54) is 0 Å². The van der Waals surface area contributed by atoms with E-state index in [2.05, 4.69) is 27.3 Å². The van der Waals surface area contributed by atoms with Gasteiger partial charge in [-0.1, -0.05) is 36.7 Å². The molecule has 8 heteroatoms. The number of anilines is 1. The molecule has 7 nitrogen and oxygen atoms in total. The molecule has 1 aliphatic rings. The molecule has 27 heavy (non-hydrogen) atoms. The number of benzene rings is 1. The Kier molecular flexibility index (Phi) is 6.34. The van der Waals surface area contributed by atoms with E-state index < -0.39 is 0 Å². The van der Waals surface area contributed by atoms with E-state index in [9.17, 15) is 4.79 Å². The van der Waals surface area contributed by atoms with E-state index in [-0.39, 0.29) is 18.0 Å². The van der Waals surface area contributed by atoms with E-state index >= 15 is 0 Å². The quantitative estimate of drug-likeness (QED) is 0.847. The lowest BCUT2D eigenvalue weighted by Crippen LogP contribution is -2.38. The van der Waals surface area contributed by atoms with Crippen LogP contribution in [0.3, 0.4) is 0 Å². The maximum atomic E-state index is 12.6. The molecule has 2 amide bonds. The Labute approximate surface area is 164 Å². The maximum Gasteiger partial charge on any atom is 0.321 e. The van der Waals surface area contributed by atoms with Crippen LogP contribution >= 0.6 is 11.6 Å². The summed E-state index contributed by atoms with van der Waals surface area (Å²) in [6, 6.07) is 7.10. The highest BCUT2D eigenvalue weighted by Crippen LogP contribution is 2.22. The normalized spacial score (nSPS) is 17.0. The summed E-state index contributed by atoms with van der Waals surface area (Å²) in [6.45, 7) is 9.13. The number of nitrogens with zero attached hydrogens (tertiary/aromatic N) is 4. The van der Waals surface area contributed by atoms with Crippen LogP contribution in [0.2, 0.25) is 5.02 Å².